The van der Waals surface area contributed by atoms with Crippen molar-refractivity contribution in [1.82, 2.24) is 15.0 Å². The highest BCUT2D eigenvalue weighted by molar-refractivity contribution is 6.01. The summed E-state index contributed by atoms with van der Waals surface area (Å²) < 4.78 is 6.04. The molecule has 2 aromatic rings. The molecule has 1 aromatic heterocycles. The largest absolute Gasteiger partial charge is 0.465 e. The standard InChI is InChI=1S/C13H15N5O3/c1-21-13(20)10-4-2-3-5-11(10)15-12(19)8-18-7-9(6-14)16-17-18/h2-5,7H,6,8,14H2,1H3,(H,15,19). The van der Waals surface area contributed by atoms with Gasteiger partial charge in [0.2, 0.25) is 5.91 Å². The molecule has 21 heavy (non-hydrogen) atoms. The molecule has 0 aliphatic heterocycles. The molecule has 1 heterocycles. The van der Waals surface area contributed by atoms with E-state index >= 15 is 0 Å². The van der Waals surface area contributed by atoms with Gasteiger partial charge >= 0.3 is 5.97 Å². The minimum Gasteiger partial charge on any atom is -0.465 e. The van der Waals surface area contributed by atoms with Crippen LogP contribution >= 0.6 is 0 Å². The van der Waals surface area contributed by atoms with Gasteiger partial charge in [0.25, 0.3) is 0 Å². The van der Waals surface area contributed by atoms with Crippen molar-refractivity contribution in [2.45, 2.75) is 13.1 Å². The number of para-hydroxylation sites is 1. The molecule has 1 amide bonds. The number of carbonyl (C=O) groups is 2. The Morgan fingerprint density at radius 2 is 2.14 bits per heavy atom. The van der Waals surface area contributed by atoms with Crippen LogP contribution in [0.4, 0.5) is 5.69 Å². The molecule has 0 aliphatic carbocycles. The second-order valence-corrected chi connectivity index (χ2v) is 4.20. The lowest BCUT2D eigenvalue weighted by atomic mass is 10.2. The fourth-order valence-corrected chi connectivity index (χ4v) is 1.73. The van der Waals surface area contributed by atoms with E-state index in [1.807, 2.05) is 0 Å². The molecule has 0 saturated heterocycles. The maximum absolute atomic E-state index is 12.0. The second-order valence-electron chi connectivity index (χ2n) is 4.20. The average molecular weight is 289 g/mol. The van der Waals surface area contributed by atoms with Crippen molar-refractivity contribution in [2.75, 3.05) is 12.4 Å². The number of carbonyl (C=O) groups excluding carboxylic acids is 2. The maximum Gasteiger partial charge on any atom is 0.339 e. The molecule has 3 N–H and O–H groups in total. The highest BCUT2D eigenvalue weighted by Gasteiger charge is 2.13. The Morgan fingerprint density at radius 3 is 2.81 bits per heavy atom. The van der Waals surface area contributed by atoms with Crippen molar-refractivity contribution in [2.24, 2.45) is 5.73 Å². The number of rotatable bonds is 5. The zero-order chi connectivity index (χ0) is 15.2. The quantitative estimate of drug-likeness (QED) is 0.758. The highest BCUT2D eigenvalue weighted by atomic mass is 16.5. The normalized spacial score (nSPS) is 10.2. The molecule has 2 rings (SSSR count). The van der Waals surface area contributed by atoms with Crippen molar-refractivity contribution in [3.8, 4) is 0 Å². The van der Waals surface area contributed by atoms with Gasteiger partial charge in [0.05, 0.1) is 30.3 Å². The molecular formula is C13H15N5O3. The van der Waals surface area contributed by atoms with E-state index in [9.17, 15) is 9.59 Å². The Hall–Kier alpha value is -2.74. The lowest BCUT2D eigenvalue weighted by Gasteiger charge is -2.09. The number of hydrogen-bond donors (Lipinski definition) is 2. The van der Waals surface area contributed by atoms with E-state index in [2.05, 4.69) is 20.4 Å². The van der Waals surface area contributed by atoms with Gasteiger partial charge in [0.15, 0.2) is 0 Å². The molecule has 110 valence electrons. The molecule has 0 radical (unpaired) electrons. The number of aromatic nitrogens is 3. The monoisotopic (exact) mass is 289 g/mol. The predicted molar refractivity (Wildman–Crippen MR) is 74.3 cm³/mol. The van der Waals surface area contributed by atoms with Crippen LogP contribution in [-0.2, 0) is 22.6 Å². The number of nitrogens with zero attached hydrogens (tertiary/aromatic N) is 3. The van der Waals surface area contributed by atoms with Gasteiger partial charge in [-0.05, 0) is 12.1 Å². The number of methoxy groups -OCH3 is 1. The van der Waals surface area contributed by atoms with E-state index in [1.54, 1.807) is 30.5 Å². The van der Waals surface area contributed by atoms with Gasteiger partial charge in [-0.25, -0.2) is 9.48 Å². The van der Waals surface area contributed by atoms with E-state index in [0.29, 0.717) is 11.4 Å². The Labute approximate surface area is 120 Å². The van der Waals surface area contributed by atoms with Crippen molar-refractivity contribution < 1.29 is 14.3 Å². The van der Waals surface area contributed by atoms with Gasteiger partial charge in [-0.2, -0.15) is 0 Å². The van der Waals surface area contributed by atoms with E-state index in [-0.39, 0.29) is 24.6 Å². The summed E-state index contributed by atoms with van der Waals surface area (Å²) in [5, 5.41) is 10.2. The van der Waals surface area contributed by atoms with Crippen LogP contribution in [-0.4, -0.2) is 34.0 Å². The first-order valence-electron chi connectivity index (χ1n) is 6.20. The number of anilines is 1. The number of benzene rings is 1. The van der Waals surface area contributed by atoms with Gasteiger partial charge < -0.3 is 15.8 Å². The van der Waals surface area contributed by atoms with Gasteiger partial charge in [0.1, 0.15) is 6.54 Å². The van der Waals surface area contributed by atoms with Crippen LogP contribution < -0.4 is 11.1 Å². The van der Waals surface area contributed by atoms with E-state index in [0.717, 1.165) is 0 Å². The van der Waals surface area contributed by atoms with Gasteiger partial charge in [0, 0.05) is 6.54 Å². The number of amides is 1. The number of esters is 1. The third-order valence-corrected chi connectivity index (χ3v) is 2.71. The summed E-state index contributed by atoms with van der Waals surface area (Å²) in [6.07, 6.45) is 1.59. The Morgan fingerprint density at radius 1 is 1.38 bits per heavy atom. The van der Waals surface area contributed by atoms with E-state index in [1.165, 1.54) is 11.8 Å². The predicted octanol–water partition coefficient (Wildman–Crippen LogP) is 0.162. The smallest absolute Gasteiger partial charge is 0.339 e. The number of nitrogens with two attached hydrogens (primary N) is 1. The van der Waals surface area contributed by atoms with Crippen molar-refractivity contribution in [3.63, 3.8) is 0 Å². The first-order chi connectivity index (χ1) is 10.1. The van der Waals surface area contributed by atoms with Crippen LogP contribution in [0.3, 0.4) is 0 Å². The minimum absolute atomic E-state index is 0.0253. The lowest BCUT2D eigenvalue weighted by molar-refractivity contribution is -0.116. The van der Waals surface area contributed by atoms with Crippen LogP contribution in [0.25, 0.3) is 0 Å². The topological polar surface area (TPSA) is 112 Å². The van der Waals surface area contributed by atoms with Crippen LogP contribution in [0.1, 0.15) is 16.1 Å². The Bertz CT molecular complexity index is 653. The number of hydrogen-bond acceptors (Lipinski definition) is 6. The average Bonchev–Trinajstić information content (AvgIpc) is 2.94. The summed E-state index contributed by atoms with van der Waals surface area (Å²) in [6, 6.07) is 6.59. The van der Waals surface area contributed by atoms with Crippen LogP contribution in [0, 0.1) is 0 Å². The van der Waals surface area contributed by atoms with Crippen molar-refractivity contribution >= 4 is 17.6 Å². The van der Waals surface area contributed by atoms with Crippen molar-refractivity contribution in [1.29, 1.82) is 0 Å². The summed E-state index contributed by atoms with van der Waals surface area (Å²) >= 11 is 0. The Kier molecular flexibility index (Phi) is 4.62. The minimum atomic E-state index is -0.517. The summed E-state index contributed by atoms with van der Waals surface area (Å²) in [5.74, 6) is -0.850. The first-order valence-corrected chi connectivity index (χ1v) is 6.20. The molecule has 8 heteroatoms. The van der Waals surface area contributed by atoms with Gasteiger partial charge in [-0.1, -0.05) is 17.3 Å². The van der Waals surface area contributed by atoms with Crippen LogP contribution in [0.2, 0.25) is 0 Å². The molecule has 1 aromatic carbocycles. The lowest BCUT2D eigenvalue weighted by Crippen LogP contribution is -2.20. The molecule has 0 saturated carbocycles. The molecule has 0 aliphatic rings. The molecule has 0 unspecified atom stereocenters. The van der Waals surface area contributed by atoms with Crippen molar-refractivity contribution in [3.05, 3.63) is 41.7 Å². The molecule has 0 bridgehead atoms. The summed E-state index contributed by atoms with van der Waals surface area (Å²) in [4.78, 5) is 23.6. The second kappa shape index (κ2) is 6.62. The first kappa shape index (κ1) is 14.7. The molecule has 0 spiro atoms. The third kappa shape index (κ3) is 3.63. The number of ether oxygens (including phenoxy) is 1. The molecule has 0 atom stereocenters. The highest BCUT2D eigenvalue weighted by Crippen LogP contribution is 2.15. The van der Waals surface area contributed by atoms with E-state index in [4.69, 9.17) is 5.73 Å². The molecule has 8 nitrogen and oxygen atoms in total. The van der Waals surface area contributed by atoms with Crippen LogP contribution in [0.15, 0.2) is 30.5 Å². The molecule has 0 fully saturated rings. The molecular weight excluding hydrogens is 274 g/mol. The zero-order valence-corrected chi connectivity index (χ0v) is 11.4. The Balaban J connectivity index is 2.07. The number of nitrogens with one attached hydrogen (secondary N) is 1. The summed E-state index contributed by atoms with van der Waals surface area (Å²) in [5.41, 5.74) is 6.68. The van der Waals surface area contributed by atoms with Gasteiger partial charge in [-0.3, -0.25) is 4.79 Å². The zero-order valence-electron chi connectivity index (χ0n) is 11.4. The fraction of sp³-hybridized carbons (Fsp3) is 0.231. The SMILES string of the molecule is COC(=O)c1ccccc1NC(=O)Cn1cc(CN)nn1. The summed E-state index contributed by atoms with van der Waals surface area (Å²) in [7, 11) is 1.28. The maximum atomic E-state index is 12.0. The van der Waals surface area contributed by atoms with Crippen LogP contribution in [0.5, 0.6) is 0 Å². The fourth-order valence-electron chi connectivity index (χ4n) is 1.73. The van der Waals surface area contributed by atoms with E-state index < -0.39 is 5.97 Å². The van der Waals surface area contributed by atoms with Gasteiger partial charge in [-0.15, -0.1) is 5.10 Å². The summed E-state index contributed by atoms with van der Waals surface area (Å²) in [6.45, 7) is 0.231. The third-order valence-electron chi connectivity index (χ3n) is 2.71.